The van der Waals surface area contributed by atoms with Crippen LogP contribution in [0.1, 0.15) is 24.5 Å². The Morgan fingerprint density at radius 2 is 2.42 bits per heavy atom. The van der Waals surface area contributed by atoms with Crippen molar-refractivity contribution < 1.29 is 0 Å². The molecule has 0 radical (unpaired) electrons. The fraction of sp³-hybridized carbons (Fsp3) is 0.625. The maximum absolute atomic E-state index is 5.98. The molecule has 0 saturated heterocycles. The molecule has 1 aromatic rings. The molecule has 0 amide bonds. The Morgan fingerprint density at radius 1 is 1.67 bits per heavy atom. The van der Waals surface area contributed by atoms with E-state index in [-0.39, 0.29) is 6.04 Å². The van der Waals surface area contributed by atoms with Crippen LogP contribution in [-0.2, 0) is 7.05 Å². The summed E-state index contributed by atoms with van der Waals surface area (Å²) in [5, 5.41) is 4.83. The Hall–Kier alpha value is -0.540. The van der Waals surface area contributed by atoms with E-state index in [9.17, 15) is 0 Å². The van der Waals surface area contributed by atoms with Crippen molar-refractivity contribution in [1.29, 1.82) is 0 Å². The van der Waals surface area contributed by atoms with Gasteiger partial charge in [-0.3, -0.25) is 4.68 Å². The lowest BCUT2D eigenvalue weighted by Crippen LogP contribution is -2.38. The standard InChI is InChI=1S/C8H12ClN3/c1-12-8(6(9)4-11-12)5-2-3-7(5)10/h4-5,7H,2-3,10H2,1H3. The van der Waals surface area contributed by atoms with E-state index >= 15 is 0 Å². The molecule has 2 rings (SSSR count). The van der Waals surface area contributed by atoms with Gasteiger partial charge in [-0.05, 0) is 12.8 Å². The Morgan fingerprint density at radius 3 is 2.75 bits per heavy atom. The van der Waals surface area contributed by atoms with Gasteiger partial charge in [0.1, 0.15) is 0 Å². The predicted molar refractivity (Wildman–Crippen MR) is 48.2 cm³/mol. The van der Waals surface area contributed by atoms with Crippen LogP contribution < -0.4 is 5.73 Å². The zero-order chi connectivity index (χ0) is 8.72. The maximum Gasteiger partial charge on any atom is 0.0821 e. The highest BCUT2D eigenvalue weighted by atomic mass is 35.5. The van der Waals surface area contributed by atoms with Crippen LogP contribution in [0.3, 0.4) is 0 Å². The van der Waals surface area contributed by atoms with Gasteiger partial charge in [-0.1, -0.05) is 11.6 Å². The minimum absolute atomic E-state index is 0.276. The zero-order valence-corrected chi connectivity index (χ0v) is 7.75. The Kier molecular flexibility index (Phi) is 1.85. The van der Waals surface area contributed by atoms with E-state index < -0.39 is 0 Å². The van der Waals surface area contributed by atoms with Gasteiger partial charge in [-0.2, -0.15) is 5.10 Å². The second-order valence-corrected chi connectivity index (χ2v) is 3.76. The van der Waals surface area contributed by atoms with Crippen molar-refractivity contribution in [3.05, 3.63) is 16.9 Å². The van der Waals surface area contributed by atoms with Gasteiger partial charge in [0.2, 0.25) is 0 Å². The van der Waals surface area contributed by atoms with Crippen molar-refractivity contribution >= 4 is 11.6 Å². The number of nitrogens with zero attached hydrogens (tertiary/aromatic N) is 2. The van der Waals surface area contributed by atoms with Crippen molar-refractivity contribution in [2.75, 3.05) is 0 Å². The monoisotopic (exact) mass is 185 g/mol. The molecule has 12 heavy (non-hydrogen) atoms. The molecule has 1 saturated carbocycles. The van der Waals surface area contributed by atoms with Crippen molar-refractivity contribution in [3.63, 3.8) is 0 Å². The lowest BCUT2D eigenvalue weighted by atomic mass is 9.78. The summed E-state index contributed by atoms with van der Waals surface area (Å²) in [6, 6.07) is 0.276. The highest BCUT2D eigenvalue weighted by Gasteiger charge is 2.32. The molecule has 3 nitrogen and oxygen atoms in total. The fourth-order valence-electron chi connectivity index (χ4n) is 1.70. The highest BCUT2D eigenvalue weighted by Crippen LogP contribution is 2.38. The molecule has 1 fully saturated rings. The molecule has 66 valence electrons. The number of halogens is 1. The zero-order valence-electron chi connectivity index (χ0n) is 7.00. The van der Waals surface area contributed by atoms with Crippen LogP contribution in [0.25, 0.3) is 0 Å². The molecule has 4 heteroatoms. The van der Waals surface area contributed by atoms with E-state index in [0.717, 1.165) is 23.6 Å². The van der Waals surface area contributed by atoms with E-state index in [1.807, 2.05) is 11.7 Å². The van der Waals surface area contributed by atoms with Crippen molar-refractivity contribution in [2.45, 2.75) is 24.8 Å². The van der Waals surface area contributed by atoms with Gasteiger partial charge in [0, 0.05) is 19.0 Å². The third-order valence-electron chi connectivity index (χ3n) is 2.62. The van der Waals surface area contributed by atoms with E-state index in [1.54, 1.807) is 6.20 Å². The average molecular weight is 186 g/mol. The topological polar surface area (TPSA) is 43.8 Å². The first-order chi connectivity index (χ1) is 5.70. The number of rotatable bonds is 1. The second kappa shape index (κ2) is 2.75. The Labute approximate surface area is 76.5 Å². The van der Waals surface area contributed by atoms with Crippen LogP contribution in [0.2, 0.25) is 5.02 Å². The van der Waals surface area contributed by atoms with Crippen LogP contribution in [0.5, 0.6) is 0 Å². The summed E-state index contributed by atoms with van der Waals surface area (Å²) in [5.41, 5.74) is 6.94. The third-order valence-corrected chi connectivity index (χ3v) is 2.91. The number of aromatic nitrogens is 2. The predicted octanol–water partition coefficient (Wildman–Crippen LogP) is 1.28. The van der Waals surface area contributed by atoms with Gasteiger partial charge in [-0.15, -0.1) is 0 Å². The summed E-state index contributed by atoms with van der Waals surface area (Å²) in [5.74, 6) is 0.421. The van der Waals surface area contributed by atoms with Gasteiger partial charge in [0.15, 0.2) is 0 Å². The van der Waals surface area contributed by atoms with Gasteiger partial charge < -0.3 is 5.73 Å². The molecule has 2 N–H and O–H groups in total. The summed E-state index contributed by atoms with van der Waals surface area (Å²) in [7, 11) is 1.91. The van der Waals surface area contributed by atoms with Gasteiger partial charge in [0.25, 0.3) is 0 Å². The summed E-state index contributed by atoms with van der Waals surface area (Å²) in [4.78, 5) is 0. The molecule has 0 bridgehead atoms. The van der Waals surface area contributed by atoms with E-state index in [4.69, 9.17) is 17.3 Å². The molecule has 1 aliphatic carbocycles. The van der Waals surface area contributed by atoms with E-state index in [0.29, 0.717) is 5.92 Å². The molecular formula is C8H12ClN3. The quantitative estimate of drug-likeness (QED) is 0.717. The van der Waals surface area contributed by atoms with Crippen LogP contribution in [0.4, 0.5) is 0 Å². The fourth-order valence-corrected chi connectivity index (χ4v) is 2.01. The van der Waals surface area contributed by atoms with Crippen LogP contribution >= 0.6 is 11.6 Å². The van der Waals surface area contributed by atoms with E-state index in [2.05, 4.69) is 5.10 Å². The number of hydrogen-bond acceptors (Lipinski definition) is 2. The van der Waals surface area contributed by atoms with Crippen LogP contribution in [0.15, 0.2) is 6.20 Å². The molecular weight excluding hydrogens is 174 g/mol. The van der Waals surface area contributed by atoms with Crippen LogP contribution in [0, 0.1) is 0 Å². The Bertz CT molecular complexity index is 275. The van der Waals surface area contributed by atoms with E-state index in [1.165, 1.54) is 0 Å². The normalized spacial score (nSPS) is 28.6. The molecule has 2 atom stereocenters. The lowest BCUT2D eigenvalue weighted by Gasteiger charge is -2.33. The average Bonchev–Trinajstić information content (AvgIpc) is 2.33. The molecule has 1 aliphatic rings. The summed E-state index contributed by atoms with van der Waals surface area (Å²) in [6.45, 7) is 0. The van der Waals surface area contributed by atoms with Gasteiger partial charge in [-0.25, -0.2) is 0 Å². The molecule has 2 unspecified atom stereocenters. The molecule has 0 aliphatic heterocycles. The van der Waals surface area contributed by atoms with Gasteiger partial charge >= 0.3 is 0 Å². The molecule has 0 aromatic carbocycles. The minimum Gasteiger partial charge on any atom is -0.327 e. The molecule has 0 spiro atoms. The molecule has 1 heterocycles. The van der Waals surface area contributed by atoms with Gasteiger partial charge in [0.05, 0.1) is 16.9 Å². The highest BCUT2D eigenvalue weighted by molar-refractivity contribution is 6.31. The first-order valence-corrected chi connectivity index (χ1v) is 4.51. The number of nitrogens with two attached hydrogens (primary N) is 1. The molecule has 1 aromatic heterocycles. The first-order valence-electron chi connectivity index (χ1n) is 4.13. The summed E-state index contributed by atoms with van der Waals surface area (Å²) < 4.78 is 1.83. The minimum atomic E-state index is 0.276. The largest absolute Gasteiger partial charge is 0.327 e. The smallest absolute Gasteiger partial charge is 0.0821 e. The van der Waals surface area contributed by atoms with Crippen molar-refractivity contribution in [1.82, 2.24) is 9.78 Å². The summed E-state index contributed by atoms with van der Waals surface area (Å²) in [6.07, 6.45) is 3.93. The third kappa shape index (κ3) is 1.04. The number of hydrogen-bond donors (Lipinski definition) is 1. The SMILES string of the molecule is Cn1ncc(Cl)c1C1CCC1N. The second-order valence-electron chi connectivity index (χ2n) is 3.35. The van der Waals surface area contributed by atoms with Crippen LogP contribution in [-0.4, -0.2) is 15.8 Å². The lowest BCUT2D eigenvalue weighted by molar-refractivity contribution is 0.331. The van der Waals surface area contributed by atoms with Crippen molar-refractivity contribution in [3.8, 4) is 0 Å². The maximum atomic E-state index is 5.98. The Balaban J connectivity index is 2.32. The number of aryl methyl sites for hydroxylation is 1. The van der Waals surface area contributed by atoms with Crippen molar-refractivity contribution in [2.24, 2.45) is 12.8 Å². The first kappa shape index (κ1) is 8.08. The summed E-state index contributed by atoms with van der Waals surface area (Å²) >= 11 is 5.98.